The minimum absolute atomic E-state index is 0.0719. The van der Waals surface area contributed by atoms with Crippen molar-refractivity contribution in [1.82, 2.24) is 4.67 Å². The Balaban J connectivity index is 4.36. The molecule has 0 radical (unpaired) electrons. The summed E-state index contributed by atoms with van der Waals surface area (Å²) in [6, 6.07) is 0. The summed E-state index contributed by atoms with van der Waals surface area (Å²) in [7, 11) is -2.71. The molecule has 0 saturated heterocycles. The van der Waals surface area contributed by atoms with E-state index in [0.717, 1.165) is 0 Å². The van der Waals surface area contributed by atoms with Gasteiger partial charge in [0, 0.05) is 13.1 Å². The van der Waals surface area contributed by atoms with Gasteiger partial charge in [0.05, 0.1) is 6.61 Å². The fourth-order valence-corrected chi connectivity index (χ4v) is 3.36. The van der Waals surface area contributed by atoms with Gasteiger partial charge in [-0.3, -0.25) is 4.57 Å². The monoisotopic (exact) mass is 213 g/mol. The molecule has 0 spiro atoms. The predicted molar refractivity (Wildman–Crippen MR) is 52.9 cm³/mol. The van der Waals surface area contributed by atoms with Crippen LogP contribution in [0.25, 0.3) is 0 Å². The van der Waals surface area contributed by atoms with Gasteiger partial charge in [-0.1, -0.05) is 13.8 Å². The molecule has 1 unspecified atom stereocenters. The van der Waals surface area contributed by atoms with Crippen molar-refractivity contribution in [1.29, 1.82) is 0 Å². The molecule has 0 aliphatic rings. The van der Waals surface area contributed by atoms with Crippen molar-refractivity contribution in [3.63, 3.8) is 0 Å². The minimum Gasteiger partial charge on any atom is -0.317 e. The molecule has 0 fully saturated rings. The molecule has 12 heavy (non-hydrogen) atoms. The van der Waals surface area contributed by atoms with Gasteiger partial charge < -0.3 is 4.52 Å². The van der Waals surface area contributed by atoms with Crippen LogP contribution in [0.4, 0.5) is 0 Å². The Labute approximate surface area is 79.5 Å². The molecule has 0 bridgehead atoms. The molecule has 5 heteroatoms. The molecular weight excluding hydrogens is 197 g/mol. The molecule has 0 aromatic carbocycles. The van der Waals surface area contributed by atoms with Crippen LogP contribution in [0.5, 0.6) is 0 Å². The van der Waals surface area contributed by atoms with Gasteiger partial charge in [0.25, 0.3) is 7.52 Å². The quantitative estimate of drug-likeness (QED) is 0.502. The lowest BCUT2D eigenvalue weighted by atomic mass is 10.7. The van der Waals surface area contributed by atoms with Crippen LogP contribution in [-0.2, 0) is 9.09 Å². The summed E-state index contributed by atoms with van der Waals surface area (Å²) in [5.74, 6) is 0. The highest BCUT2D eigenvalue weighted by atomic mass is 35.5. The van der Waals surface area contributed by atoms with E-state index in [-0.39, 0.29) is 5.62 Å². The first-order valence-corrected chi connectivity index (χ1v) is 6.49. The largest absolute Gasteiger partial charge is 0.317 e. The fraction of sp³-hybridized carbons (Fsp3) is 1.00. The van der Waals surface area contributed by atoms with Crippen molar-refractivity contribution in [3.05, 3.63) is 0 Å². The maximum Gasteiger partial charge on any atom is 0.286 e. The van der Waals surface area contributed by atoms with E-state index in [1.807, 2.05) is 20.8 Å². The lowest BCUT2D eigenvalue weighted by molar-refractivity contribution is 0.281. The molecule has 0 amide bonds. The summed E-state index contributed by atoms with van der Waals surface area (Å²) in [4.78, 5) is 0. The number of halogens is 1. The molecule has 0 aliphatic heterocycles. The summed E-state index contributed by atoms with van der Waals surface area (Å²) in [5.41, 5.74) is 0.0719. The van der Waals surface area contributed by atoms with Crippen molar-refractivity contribution in [2.45, 2.75) is 20.8 Å². The second-order valence-corrected chi connectivity index (χ2v) is 5.37. The molecule has 0 heterocycles. The summed E-state index contributed by atoms with van der Waals surface area (Å²) >= 11 is 5.61. The van der Waals surface area contributed by atoms with Crippen LogP contribution in [0.1, 0.15) is 20.8 Å². The number of nitrogens with zero attached hydrogens (tertiary/aromatic N) is 1. The second kappa shape index (κ2) is 5.98. The van der Waals surface area contributed by atoms with E-state index in [0.29, 0.717) is 19.7 Å². The van der Waals surface area contributed by atoms with Gasteiger partial charge in [0.15, 0.2) is 0 Å². The van der Waals surface area contributed by atoms with E-state index in [1.165, 1.54) is 0 Å². The highest BCUT2D eigenvalue weighted by Crippen LogP contribution is 2.51. The van der Waals surface area contributed by atoms with Crippen molar-refractivity contribution in [2.75, 3.05) is 25.3 Å². The Morgan fingerprint density at radius 1 is 1.33 bits per heavy atom. The Morgan fingerprint density at radius 3 is 2.08 bits per heavy atom. The third kappa shape index (κ3) is 3.06. The van der Waals surface area contributed by atoms with Gasteiger partial charge >= 0.3 is 0 Å². The molecule has 0 aromatic heterocycles. The smallest absolute Gasteiger partial charge is 0.286 e. The predicted octanol–water partition coefficient (Wildman–Crippen LogP) is 2.75. The summed E-state index contributed by atoms with van der Waals surface area (Å²) in [6.07, 6.45) is 0. The topological polar surface area (TPSA) is 29.5 Å². The van der Waals surface area contributed by atoms with Gasteiger partial charge in [-0.25, -0.2) is 4.67 Å². The van der Waals surface area contributed by atoms with Crippen LogP contribution in [-0.4, -0.2) is 30.0 Å². The Hall–Kier alpha value is 0.440. The van der Waals surface area contributed by atoms with E-state index in [9.17, 15) is 4.57 Å². The van der Waals surface area contributed by atoms with Crippen LogP contribution in [0, 0.1) is 0 Å². The Kier molecular flexibility index (Phi) is 6.20. The standard InChI is InChI=1S/C7H17ClNO2P/c1-4-9(5-2)12(10,7-8)11-6-3/h4-7H2,1-3H3. The fourth-order valence-electron chi connectivity index (χ4n) is 1.05. The molecule has 0 aliphatic carbocycles. The zero-order valence-corrected chi connectivity index (χ0v) is 9.57. The maximum absolute atomic E-state index is 11.9. The average Bonchev–Trinajstić information content (AvgIpc) is 2.07. The van der Waals surface area contributed by atoms with Crippen molar-refractivity contribution in [2.24, 2.45) is 0 Å². The number of alkyl halides is 1. The van der Waals surface area contributed by atoms with E-state index in [2.05, 4.69) is 0 Å². The summed E-state index contributed by atoms with van der Waals surface area (Å²) in [6.45, 7) is 7.58. The van der Waals surface area contributed by atoms with Crippen LogP contribution in [0.15, 0.2) is 0 Å². The number of hydrogen-bond acceptors (Lipinski definition) is 2. The highest BCUT2D eigenvalue weighted by Gasteiger charge is 2.27. The van der Waals surface area contributed by atoms with Crippen LogP contribution in [0.2, 0.25) is 0 Å². The van der Waals surface area contributed by atoms with Gasteiger partial charge in [-0.2, -0.15) is 0 Å². The van der Waals surface area contributed by atoms with E-state index < -0.39 is 7.52 Å². The van der Waals surface area contributed by atoms with Gasteiger partial charge in [0.2, 0.25) is 0 Å². The lowest BCUT2D eigenvalue weighted by Gasteiger charge is -2.26. The van der Waals surface area contributed by atoms with Crippen LogP contribution >= 0.6 is 19.1 Å². The zero-order chi connectivity index (χ0) is 9.61. The first-order chi connectivity index (χ1) is 5.64. The van der Waals surface area contributed by atoms with Crippen molar-refractivity contribution in [3.8, 4) is 0 Å². The van der Waals surface area contributed by atoms with Gasteiger partial charge in [-0.15, -0.1) is 11.6 Å². The van der Waals surface area contributed by atoms with E-state index in [4.69, 9.17) is 16.1 Å². The molecular formula is C7H17ClNO2P. The molecule has 3 nitrogen and oxygen atoms in total. The SMILES string of the molecule is CCOP(=O)(CCl)N(CC)CC. The maximum atomic E-state index is 11.9. The van der Waals surface area contributed by atoms with Crippen molar-refractivity contribution >= 4 is 19.1 Å². The van der Waals surface area contributed by atoms with Crippen molar-refractivity contribution < 1.29 is 9.09 Å². The molecule has 74 valence electrons. The number of hydrogen-bond donors (Lipinski definition) is 0. The normalized spacial score (nSPS) is 16.4. The first-order valence-electron chi connectivity index (χ1n) is 4.19. The molecule has 0 aromatic rings. The van der Waals surface area contributed by atoms with Crippen LogP contribution in [0.3, 0.4) is 0 Å². The third-order valence-electron chi connectivity index (χ3n) is 1.64. The molecule has 1 atom stereocenters. The highest BCUT2D eigenvalue weighted by molar-refractivity contribution is 7.58. The molecule has 0 rings (SSSR count). The first kappa shape index (κ1) is 12.4. The average molecular weight is 214 g/mol. The molecule has 0 N–H and O–H groups in total. The van der Waals surface area contributed by atoms with Gasteiger partial charge in [0.1, 0.15) is 5.62 Å². The van der Waals surface area contributed by atoms with Gasteiger partial charge in [-0.05, 0) is 6.92 Å². The zero-order valence-electron chi connectivity index (χ0n) is 7.92. The Bertz CT molecular complexity index is 161. The van der Waals surface area contributed by atoms with E-state index >= 15 is 0 Å². The van der Waals surface area contributed by atoms with E-state index in [1.54, 1.807) is 4.67 Å². The minimum atomic E-state index is -2.71. The lowest BCUT2D eigenvalue weighted by Crippen LogP contribution is -2.21. The summed E-state index contributed by atoms with van der Waals surface area (Å²) in [5, 5.41) is 0. The third-order valence-corrected chi connectivity index (χ3v) is 4.94. The summed E-state index contributed by atoms with van der Waals surface area (Å²) < 4.78 is 18.9. The van der Waals surface area contributed by atoms with Crippen LogP contribution < -0.4 is 0 Å². The molecule has 0 saturated carbocycles. The Morgan fingerprint density at radius 2 is 1.83 bits per heavy atom. The second-order valence-electron chi connectivity index (χ2n) is 2.31. The number of rotatable bonds is 6.